The van der Waals surface area contributed by atoms with E-state index in [0.717, 1.165) is 47.9 Å². The second-order valence-corrected chi connectivity index (χ2v) is 9.57. The molecule has 2 aliphatic rings. The Balaban J connectivity index is 1.33. The number of carbonyl (C=O) groups is 3. The van der Waals surface area contributed by atoms with Crippen LogP contribution in [0, 0.1) is 5.92 Å². The molecule has 2 aliphatic carbocycles. The van der Waals surface area contributed by atoms with E-state index >= 15 is 0 Å². The largest absolute Gasteiger partial charge is 0.480 e. The SMILES string of the molecule is CC[C@H](NC(=O)OCC1c2ccccc2-c2ccccc21)C(=O)N[C@H](CC1CCCCC1)C(=O)O. The fraction of sp³-hybridized carbons (Fsp3) is 0.464. The number of alkyl carbamates (subject to hydrolysis) is 1. The first-order chi connectivity index (χ1) is 17.0. The molecule has 7 heteroatoms. The van der Waals surface area contributed by atoms with Gasteiger partial charge >= 0.3 is 12.1 Å². The van der Waals surface area contributed by atoms with Crippen molar-refractivity contribution in [1.29, 1.82) is 0 Å². The summed E-state index contributed by atoms with van der Waals surface area (Å²) in [6.07, 6.45) is 5.44. The Morgan fingerprint density at radius 3 is 2.09 bits per heavy atom. The molecule has 2 aromatic carbocycles. The van der Waals surface area contributed by atoms with E-state index in [1.165, 1.54) is 6.42 Å². The fourth-order valence-corrected chi connectivity index (χ4v) is 5.39. The van der Waals surface area contributed by atoms with Crippen molar-refractivity contribution in [3.8, 4) is 11.1 Å². The normalized spacial score (nSPS) is 17.1. The van der Waals surface area contributed by atoms with Gasteiger partial charge in [0.15, 0.2) is 0 Å². The second kappa shape index (κ2) is 11.4. The highest BCUT2D eigenvalue weighted by atomic mass is 16.5. The van der Waals surface area contributed by atoms with Crippen LogP contribution in [0.4, 0.5) is 4.79 Å². The molecule has 2 aromatic rings. The number of amides is 2. The molecule has 1 saturated carbocycles. The van der Waals surface area contributed by atoms with Gasteiger partial charge in [0.05, 0.1) is 0 Å². The van der Waals surface area contributed by atoms with Crippen LogP contribution in [0.15, 0.2) is 48.5 Å². The maximum Gasteiger partial charge on any atom is 0.407 e. The predicted octanol–water partition coefficient (Wildman–Crippen LogP) is 4.84. The van der Waals surface area contributed by atoms with E-state index in [0.29, 0.717) is 18.8 Å². The summed E-state index contributed by atoms with van der Waals surface area (Å²) in [5, 5.41) is 14.9. The van der Waals surface area contributed by atoms with Crippen molar-refractivity contribution in [2.45, 2.75) is 69.9 Å². The average molecular weight is 479 g/mol. The third-order valence-electron chi connectivity index (χ3n) is 7.27. The van der Waals surface area contributed by atoms with Crippen molar-refractivity contribution >= 4 is 18.0 Å². The smallest absolute Gasteiger partial charge is 0.407 e. The van der Waals surface area contributed by atoms with E-state index in [9.17, 15) is 19.5 Å². The summed E-state index contributed by atoms with van der Waals surface area (Å²) in [6, 6.07) is 14.3. The molecule has 0 bridgehead atoms. The van der Waals surface area contributed by atoms with Crippen LogP contribution < -0.4 is 10.6 Å². The Bertz CT molecular complexity index is 1020. The van der Waals surface area contributed by atoms with Crippen LogP contribution in [0.3, 0.4) is 0 Å². The van der Waals surface area contributed by atoms with Crippen molar-refractivity contribution in [1.82, 2.24) is 10.6 Å². The van der Waals surface area contributed by atoms with Gasteiger partial charge in [0, 0.05) is 5.92 Å². The number of carboxylic acids is 1. The first kappa shape index (κ1) is 24.8. The molecule has 3 N–H and O–H groups in total. The molecule has 0 unspecified atom stereocenters. The van der Waals surface area contributed by atoms with Gasteiger partial charge < -0.3 is 20.5 Å². The number of hydrogen-bond donors (Lipinski definition) is 3. The lowest BCUT2D eigenvalue weighted by molar-refractivity contribution is -0.142. The van der Waals surface area contributed by atoms with E-state index in [1.807, 2.05) is 36.4 Å². The van der Waals surface area contributed by atoms with Crippen molar-refractivity contribution < 1.29 is 24.2 Å². The molecule has 35 heavy (non-hydrogen) atoms. The number of fused-ring (bicyclic) bond motifs is 3. The van der Waals surface area contributed by atoms with Gasteiger partial charge in [-0.3, -0.25) is 4.79 Å². The molecular weight excluding hydrogens is 444 g/mol. The van der Waals surface area contributed by atoms with E-state index in [1.54, 1.807) is 6.92 Å². The summed E-state index contributed by atoms with van der Waals surface area (Å²) in [5.41, 5.74) is 4.50. The number of ether oxygens (including phenoxy) is 1. The highest BCUT2D eigenvalue weighted by Crippen LogP contribution is 2.44. The quantitative estimate of drug-likeness (QED) is 0.478. The molecule has 0 radical (unpaired) electrons. The molecule has 1 fully saturated rings. The zero-order valence-corrected chi connectivity index (χ0v) is 20.2. The van der Waals surface area contributed by atoms with Crippen molar-refractivity contribution in [3.05, 3.63) is 59.7 Å². The summed E-state index contributed by atoms with van der Waals surface area (Å²) < 4.78 is 5.55. The van der Waals surface area contributed by atoms with Crippen LogP contribution in [0.25, 0.3) is 11.1 Å². The summed E-state index contributed by atoms with van der Waals surface area (Å²) in [5.74, 6) is -1.31. The van der Waals surface area contributed by atoms with Gasteiger partial charge in [-0.2, -0.15) is 0 Å². The molecule has 2 amide bonds. The first-order valence-corrected chi connectivity index (χ1v) is 12.6. The maximum atomic E-state index is 12.8. The lowest BCUT2D eigenvalue weighted by atomic mass is 9.85. The molecule has 0 saturated heterocycles. The summed E-state index contributed by atoms with van der Waals surface area (Å²) in [4.78, 5) is 37.2. The molecule has 0 heterocycles. The molecule has 0 aromatic heterocycles. The second-order valence-electron chi connectivity index (χ2n) is 9.57. The van der Waals surface area contributed by atoms with Crippen LogP contribution in [0.1, 0.15) is 68.9 Å². The van der Waals surface area contributed by atoms with Gasteiger partial charge in [-0.1, -0.05) is 87.6 Å². The zero-order valence-electron chi connectivity index (χ0n) is 20.2. The summed E-state index contributed by atoms with van der Waals surface area (Å²) >= 11 is 0. The Kier molecular flexibility index (Phi) is 8.06. The Hall–Kier alpha value is -3.35. The molecule has 4 rings (SSSR count). The minimum atomic E-state index is -1.04. The molecule has 2 atom stereocenters. The highest BCUT2D eigenvalue weighted by molar-refractivity contribution is 5.89. The lowest BCUT2D eigenvalue weighted by Gasteiger charge is -2.26. The van der Waals surface area contributed by atoms with E-state index in [4.69, 9.17) is 4.74 Å². The minimum absolute atomic E-state index is 0.0751. The predicted molar refractivity (Wildman–Crippen MR) is 133 cm³/mol. The monoisotopic (exact) mass is 478 g/mol. The van der Waals surface area contributed by atoms with Crippen LogP contribution >= 0.6 is 0 Å². The standard InChI is InChI=1S/C28H34N2O5/c1-2-24(26(31)29-25(27(32)33)16-18-10-4-3-5-11-18)30-28(34)35-17-23-21-14-8-6-12-19(21)20-13-7-9-15-22(20)23/h6-9,12-15,18,23-25H,2-5,10-11,16-17H2,1H3,(H,29,31)(H,30,34)(H,32,33)/t24-,25+/m0/s1. The fourth-order valence-electron chi connectivity index (χ4n) is 5.39. The minimum Gasteiger partial charge on any atom is -0.480 e. The van der Waals surface area contributed by atoms with Crippen molar-refractivity contribution in [2.75, 3.05) is 6.61 Å². The maximum absolute atomic E-state index is 12.8. The number of aliphatic carboxylic acids is 1. The molecule has 0 aliphatic heterocycles. The Morgan fingerprint density at radius 2 is 1.51 bits per heavy atom. The van der Waals surface area contributed by atoms with E-state index in [-0.39, 0.29) is 12.5 Å². The zero-order chi connectivity index (χ0) is 24.8. The topological polar surface area (TPSA) is 105 Å². The Morgan fingerprint density at radius 1 is 0.914 bits per heavy atom. The number of carbonyl (C=O) groups excluding carboxylic acids is 2. The van der Waals surface area contributed by atoms with Gasteiger partial charge in [-0.15, -0.1) is 0 Å². The molecule has 0 spiro atoms. The van der Waals surface area contributed by atoms with Crippen LogP contribution in [-0.4, -0.2) is 41.8 Å². The van der Waals surface area contributed by atoms with Gasteiger partial charge in [0.25, 0.3) is 0 Å². The summed E-state index contributed by atoms with van der Waals surface area (Å²) in [6.45, 7) is 1.92. The third-order valence-corrected chi connectivity index (χ3v) is 7.27. The number of hydrogen-bond acceptors (Lipinski definition) is 4. The van der Waals surface area contributed by atoms with E-state index < -0.39 is 30.1 Å². The first-order valence-electron chi connectivity index (χ1n) is 12.6. The number of benzene rings is 2. The molecule has 7 nitrogen and oxygen atoms in total. The Labute approximate surface area is 206 Å². The van der Waals surface area contributed by atoms with Crippen molar-refractivity contribution in [3.63, 3.8) is 0 Å². The van der Waals surface area contributed by atoms with Gasteiger partial charge in [-0.05, 0) is 41.0 Å². The number of rotatable bonds is 9. The van der Waals surface area contributed by atoms with Crippen LogP contribution in [0.5, 0.6) is 0 Å². The molecule has 186 valence electrons. The van der Waals surface area contributed by atoms with Crippen LogP contribution in [0.2, 0.25) is 0 Å². The lowest BCUT2D eigenvalue weighted by Crippen LogP contribution is -2.52. The molecular formula is C28H34N2O5. The van der Waals surface area contributed by atoms with Gasteiger partial charge in [0.1, 0.15) is 18.7 Å². The van der Waals surface area contributed by atoms with E-state index in [2.05, 4.69) is 22.8 Å². The average Bonchev–Trinajstić information content (AvgIpc) is 3.19. The number of carboxylic acid groups (broad SMARTS) is 1. The van der Waals surface area contributed by atoms with Gasteiger partial charge in [-0.25, -0.2) is 9.59 Å². The van der Waals surface area contributed by atoms with Gasteiger partial charge in [0.2, 0.25) is 5.91 Å². The number of nitrogens with one attached hydrogen (secondary N) is 2. The van der Waals surface area contributed by atoms with Crippen molar-refractivity contribution in [2.24, 2.45) is 5.92 Å². The summed E-state index contributed by atoms with van der Waals surface area (Å²) in [7, 11) is 0. The van der Waals surface area contributed by atoms with Crippen LogP contribution in [-0.2, 0) is 14.3 Å². The third kappa shape index (κ3) is 5.84. The highest BCUT2D eigenvalue weighted by Gasteiger charge is 2.31.